The van der Waals surface area contributed by atoms with Crippen molar-refractivity contribution in [3.05, 3.63) is 48.5 Å². The molecule has 0 heterocycles. The molecule has 0 bridgehead atoms. The zero-order valence-electron chi connectivity index (χ0n) is 17.9. The quantitative estimate of drug-likeness (QED) is 0.158. The summed E-state index contributed by atoms with van der Waals surface area (Å²) in [5.74, 6) is 0.605. The standard InChI is InChI=1S/C26H30O4/c1-3-5-7-17-23(27)29-25-19-13-9-11-15-21(19)26(22-16-12-10-14-20(22)25)30-24(28)18-8-6-4-2/h9-16H,3-8,17-18H2,1-2H3. The molecule has 0 amide bonds. The number of hydrogen-bond acceptors (Lipinski definition) is 4. The van der Waals surface area contributed by atoms with Gasteiger partial charge >= 0.3 is 11.9 Å². The highest BCUT2D eigenvalue weighted by molar-refractivity contribution is 6.12. The molecule has 4 nitrogen and oxygen atoms in total. The molecule has 0 aliphatic carbocycles. The van der Waals surface area contributed by atoms with Crippen molar-refractivity contribution in [2.24, 2.45) is 0 Å². The van der Waals surface area contributed by atoms with E-state index in [4.69, 9.17) is 9.47 Å². The lowest BCUT2D eigenvalue weighted by molar-refractivity contribution is -0.135. The van der Waals surface area contributed by atoms with Crippen LogP contribution in [0.1, 0.15) is 65.2 Å². The maximum Gasteiger partial charge on any atom is 0.311 e. The Morgan fingerprint density at radius 2 is 0.933 bits per heavy atom. The maximum absolute atomic E-state index is 12.5. The van der Waals surface area contributed by atoms with Crippen molar-refractivity contribution in [2.45, 2.75) is 65.2 Å². The van der Waals surface area contributed by atoms with Crippen LogP contribution in [-0.4, -0.2) is 11.9 Å². The topological polar surface area (TPSA) is 52.6 Å². The number of unbranched alkanes of at least 4 members (excludes halogenated alkanes) is 4. The maximum atomic E-state index is 12.5. The molecule has 0 spiro atoms. The van der Waals surface area contributed by atoms with Crippen LogP contribution in [0.5, 0.6) is 11.5 Å². The smallest absolute Gasteiger partial charge is 0.311 e. The molecule has 0 saturated carbocycles. The van der Waals surface area contributed by atoms with Gasteiger partial charge in [0.25, 0.3) is 0 Å². The Morgan fingerprint density at radius 1 is 0.600 bits per heavy atom. The summed E-state index contributed by atoms with van der Waals surface area (Å²) in [6.07, 6.45) is 6.54. The van der Waals surface area contributed by atoms with Crippen LogP contribution in [0.25, 0.3) is 21.5 Å². The normalized spacial score (nSPS) is 11.0. The number of ether oxygens (including phenoxy) is 2. The summed E-state index contributed by atoms with van der Waals surface area (Å²) in [5, 5.41) is 3.10. The van der Waals surface area contributed by atoms with E-state index in [2.05, 4.69) is 13.8 Å². The minimum absolute atomic E-state index is 0.233. The van der Waals surface area contributed by atoms with E-state index in [1.165, 1.54) is 0 Å². The molecule has 0 fully saturated rings. The fourth-order valence-electron chi connectivity index (χ4n) is 3.64. The SMILES string of the molecule is CCCCCC(=O)Oc1c2ccccc2c(OC(=O)CCCCC)c2ccccc12. The molecule has 158 valence electrons. The lowest BCUT2D eigenvalue weighted by Gasteiger charge is -2.16. The third-order valence-corrected chi connectivity index (χ3v) is 5.23. The number of carbonyl (C=O) groups is 2. The average Bonchev–Trinajstić information content (AvgIpc) is 2.76. The Bertz CT molecular complexity index is 883. The Balaban J connectivity index is 2.02. The van der Waals surface area contributed by atoms with Crippen LogP contribution in [0.2, 0.25) is 0 Å². The zero-order chi connectivity index (χ0) is 21.3. The van der Waals surface area contributed by atoms with Gasteiger partial charge in [0.1, 0.15) is 11.5 Å². The Morgan fingerprint density at radius 3 is 1.23 bits per heavy atom. The van der Waals surface area contributed by atoms with Crippen LogP contribution in [0.15, 0.2) is 48.5 Å². The lowest BCUT2D eigenvalue weighted by Crippen LogP contribution is -2.10. The summed E-state index contributed by atoms with van der Waals surface area (Å²) in [6, 6.07) is 15.2. The van der Waals surface area contributed by atoms with Crippen LogP contribution in [-0.2, 0) is 9.59 Å². The Hall–Kier alpha value is -2.88. The van der Waals surface area contributed by atoms with Gasteiger partial charge in [-0.15, -0.1) is 0 Å². The third-order valence-electron chi connectivity index (χ3n) is 5.23. The molecular formula is C26H30O4. The van der Waals surface area contributed by atoms with E-state index in [1.54, 1.807) is 0 Å². The van der Waals surface area contributed by atoms with Gasteiger partial charge in [-0.3, -0.25) is 9.59 Å². The predicted octanol–water partition coefficient (Wildman–Crippen LogP) is 6.96. The summed E-state index contributed by atoms with van der Waals surface area (Å²) in [7, 11) is 0. The Kier molecular flexibility index (Phi) is 7.83. The molecule has 3 aromatic rings. The van der Waals surface area contributed by atoms with Gasteiger partial charge in [-0.25, -0.2) is 0 Å². The minimum Gasteiger partial charge on any atom is -0.425 e. The molecule has 0 aromatic heterocycles. The summed E-state index contributed by atoms with van der Waals surface area (Å²) in [5.41, 5.74) is 0. The van der Waals surface area contributed by atoms with E-state index >= 15 is 0 Å². The number of esters is 2. The number of fused-ring (bicyclic) bond motifs is 2. The minimum atomic E-state index is -0.233. The van der Waals surface area contributed by atoms with Crippen molar-refractivity contribution in [2.75, 3.05) is 0 Å². The first-order valence-corrected chi connectivity index (χ1v) is 11.0. The second kappa shape index (κ2) is 10.8. The number of benzene rings is 3. The van der Waals surface area contributed by atoms with Crippen LogP contribution in [0.3, 0.4) is 0 Å². The van der Waals surface area contributed by atoms with E-state index in [9.17, 15) is 9.59 Å². The first-order valence-electron chi connectivity index (χ1n) is 11.0. The van der Waals surface area contributed by atoms with Crippen molar-refractivity contribution in [3.8, 4) is 11.5 Å². The highest BCUT2D eigenvalue weighted by atomic mass is 16.5. The Labute approximate surface area is 178 Å². The van der Waals surface area contributed by atoms with E-state index in [-0.39, 0.29) is 11.9 Å². The van der Waals surface area contributed by atoms with Crippen LogP contribution in [0.4, 0.5) is 0 Å². The van der Waals surface area contributed by atoms with Crippen molar-refractivity contribution in [1.29, 1.82) is 0 Å². The van der Waals surface area contributed by atoms with Gasteiger partial charge in [0, 0.05) is 34.4 Å². The molecule has 0 radical (unpaired) electrons. The molecule has 0 aliphatic rings. The third kappa shape index (κ3) is 5.18. The number of carbonyl (C=O) groups excluding carboxylic acids is 2. The fourth-order valence-corrected chi connectivity index (χ4v) is 3.64. The molecule has 3 aromatic carbocycles. The molecule has 4 heteroatoms. The average molecular weight is 407 g/mol. The molecular weight excluding hydrogens is 376 g/mol. The summed E-state index contributed by atoms with van der Waals surface area (Å²) < 4.78 is 11.7. The van der Waals surface area contributed by atoms with Crippen molar-refractivity contribution in [1.82, 2.24) is 0 Å². The number of rotatable bonds is 10. The van der Waals surface area contributed by atoms with E-state index < -0.39 is 0 Å². The van der Waals surface area contributed by atoms with Crippen molar-refractivity contribution >= 4 is 33.5 Å². The molecule has 0 unspecified atom stereocenters. The predicted molar refractivity (Wildman–Crippen MR) is 121 cm³/mol. The largest absolute Gasteiger partial charge is 0.425 e. The first-order chi connectivity index (χ1) is 14.7. The number of hydrogen-bond donors (Lipinski definition) is 0. The lowest BCUT2D eigenvalue weighted by atomic mass is 10.0. The highest BCUT2D eigenvalue weighted by Crippen LogP contribution is 2.43. The van der Waals surface area contributed by atoms with Crippen LogP contribution in [0, 0.1) is 0 Å². The van der Waals surface area contributed by atoms with Crippen molar-refractivity contribution < 1.29 is 19.1 Å². The van der Waals surface area contributed by atoms with Gasteiger partial charge < -0.3 is 9.47 Å². The summed E-state index contributed by atoms with van der Waals surface area (Å²) in [6.45, 7) is 4.21. The van der Waals surface area contributed by atoms with Gasteiger partial charge in [-0.2, -0.15) is 0 Å². The van der Waals surface area contributed by atoms with Crippen LogP contribution >= 0.6 is 0 Å². The van der Waals surface area contributed by atoms with Crippen molar-refractivity contribution in [3.63, 3.8) is 0 Å². The van der Waals surface area contributed by atoms with Crippen LogP contribution < -0.4 is 9.47 Å². The second-order valence-electron chi connectivity index (χ2n) is 7.61. The molecule has 0 N–H and O–H groups in total. The van der Waals surface area contributed by atoms with E-state index in [1.807, 2.05) is 48.5 Å². The van der Waals surface area contributed by atoms with Gasteiger partial charge in [-0.1, -0.05) is 88.1 Å². The van der Waals surface area contributed by atoms with E-state index in [0.717, 1.165) is 60.1 Å². The summed E-state index contributed by atoms with van der Waals surface area (Å²) >= 11 is 0. The highest BCUT2D eigenvalue weighted by Gasteiger charge is 2.19. The van der Waals surface area contributed by atoms with Gasteiger partial charge in [-0.05, 0) is 12.8 Å². The van der Waals surface area contributed by atoms with Gasteiger partial charge in [0.05, 0.1) is 0 Å². The zero-order valence-corrected chi connectivity index (χ0v) is 17.9. The molecule has 30 heavy (non-hydrogen) atoms. The molecule has 0 saturated heterocycles. The molecule has 3 rings (SSSR count). The molecule has 0 atom stereocenters. The first kappa shape index (κ1) is 21.8. The van der Waals surface area contributed by atoms with Gasteiger partial charge in [0.2, 0.25) is 0 Å². The monoisotopic (exact) mass is 406 g/mol. The van der Waals surface area contributed by atoms with Gasteiger partial charge in [0.15, 0.2) is 0 Å². The summed E-state index contributed by atoms with van der Waals surface area (Å²) in [4.78, 5) is 25.0. The fraction of sp³-hybridized carbons (Fsp3) is 0.385. The second-order valence-corrected chi connectivity index (χ2v) is 7.61. The van der Waals surface area contributed by atoms with E-state index in [0.29, 0.717) is 24.3 Å². The molecule has 0 aliphatic heterocycles.